The van der Waals surface area contributed by atoms with Crippen molar-refractivity contribution in [3.05, 3.63) is 125 Å². The van der Waals surface area contributed by atoms with Crippen LogP contribution in [-0.2, 0) is 25.4 Å². The molecule has 4 aromatic rings. The number of allylic oxidation sites excluding steroid dienone is 1. The summed E-state index contributed by atoms with van der Waals surface area (Å²) in [5, 5.41) is 31.4. The van der Waals surface area contributed by atoms with E-state index in [1.54, 1.807) is 24.3 Å². The number of hydrogen-bond acceptors (Lipinski definition) is 8. The van der Waals surface area contributed by atoms with Gasteiger partial charge >= 0.3 is 7.12 Å². The molecule has 1 aliphatic carbocycles. The lowest BCUT2D eigenvalue weighted by Gasteiger charge is -2.44. The zero-order valence-electron chi connectivity index (χ0n) is 32.7. The number of imide groups is 1. The van der Waals surface area contributed by atoms with Crippen LogP contribution in [0.5, 0.6) is 0 Å². The molecule has 3 heterocycles. The van der Waals surface area contributed by atoms with Crippen molar-refractivity contribution in [2.45, 2.75) is 77.5 Å². The van der Waals surface area contributed by atoms with Gasteiger partial charge in [0.15, 0.2) is 0 Å². The Labute approximate surface area is 330 Å². The lowest BCUT2D eigenvalue weighted by molar-refractivity contribution is -0.122. The van der Waals surface area contributed by atoms with E-state index >= 15 is 0 Å². The quantitative estimate of drug-likeness (QED) is 0.0870. The number of furan rings is 1. The van der Waals surface area contributed by atoms with E-state index in [0.29, 0.717) is 43.3 Å². The van der Waals surface area contributed by atoms with Crippen molar-refractivity contribution in [1.29, 1.82) is 0 Å². The molecule has 2 aliphatic heterocycles. The number of ether oxygens (including phenoxy) is 1. The summed E-state index contributed by atoms with van der Waals surface area (Å²) in [4.78, 5) is 30.1. The number of nitrogens with zero attached hydrogens (tertiary/aromatic N) is 1. The smallest absolute Gasteiger partial charge is 0.459 e. The Kier molecular flexibility index (Phi) is 11.8. The van der Waals surface area contributed by atoms with Gasteiger partial charge in [-0.3, -0.25) is 14.5 Å². The van der Waals surface area contributed by atoms with Crippen molar-refractivity contribution in [2.75, 3.05) is 18.1 Å². The standard InChI is InChI=1S/C45H52BNO8Si/c1-5-13-30(24-34-21-22-35(27-48)55-34)20-23-40-41-31(28-54-56(45(2,3)4,36-16-8-6-9-17-36)37-18-10-7-11-19-37)25-38-42(39(41)29-53-40)44(50)47(43(38)49)33-15-12-14-32(26-33)46(51)52/h6-12,14-19,21-22,24,26,38-40,42,48,51-52H,5,13,20,23,25,27-29H2,1-4H3/b30-24+/t38-,39+,40-,42-/m1/s1. The minimum absolute atomic E-state index is 0.156. The first-order chi connectivity index (χ1) is 27.0. The number of fused-ring (bicyclic) bond motifs is 3. The summed E-state index contributed by atoms with van der Waals surface area (Å²) in [5.41, 5.74) is 3.84. The molecule has 9 nitrogen and oxygen atoms in total. The average molecular weight is 774 g/mol. The number of anilines is 1. The molecule has 3 aliphatic rings. The fraction of sp³-hybridized carbons (Fsp3) is 0.378. The van der Waals surface area contributed by atoms with Crippen LogP contribution >= 0.6 is 0 Å². The van der Waals surface area contributed by atoms with Crippen LogP contribution in [0, 0.1) is 17.8 Å². The van der Waals surface area contributed by atoms with Gasteiger partial charge < -0.3 is 28.7 Å². The monoisotopic (exact) mass is 773 g/mol. The third-order valence-electron chi connectivity index (χ3n) is 11.8. The molecule has 0 radical (unpaired) electrons. The predicted molar refractivity (Wildman–Crippen MR) is 221 cm³/mol. The van der Waals surface area contributed by atoms with Gasteiger partial charge in [0, 0.05) is 5.92 Å². The number of benzene rings is 3. The van der Waals surface area contributed by atoms with Crippen LogP contribution in [0.2, 0.25) is 5.04 Å². The van der Waals surface area contributed by atoms with Gasteiger partial charge in [-0.1, -0.05) is 112 Å². The number of aliphatic hydroxyl groups excluding tert-OH is 1. The highest BCUT2D eigenvalue weighted by molar-refractivity contribution is 6.99. The molecule has 7 rings (SSSR count). The molecular weight excluding hydrogens is 721 g/mol. The zero-order valence-corrected chi connectivity index (χ0v) is 33.7. The Morgan fingerprint density at radius 3 is 2.21 bits per heavy atom. The SMILES string of the molecule is CCC/C(=C\c1ccc(CO)o1)CC[C@H]1OC[C@H]2C1=C(CO[Si](c1ccccc1)(c1ccccc1)C(C)(C)C)C[C@H]1C(=O)N(c3cccc(B(O)O)c3)C(=O)[C@H]12. The Morgan fingerprint density at radius 2 is 1.61 bits per heavy atom. The van der Waals surface area contributed by atoms with Gasteiger partial charge in [0.05, 0.1) is 36.8 Å². The summed E-state index contributed by atoms with van der Waals surface area (Å²) in [6, 6.07) is 31.0. The van der Waals surface area contributed by atoms with E-state index in [-0.39, 0.29) is 40.9 Å². The lowest BCUT2D eigenvalue weighted by Crippen LogP contribution is -2.66. The number of hydrogen-bond donors (Lipinski definition) is 3. The molecule has 3 aromatic carbocycles. The molecule has 56 heavy (non-hydrogen) atoms. The summed E-state index contributed by atoms with van der Waals surface area (Å²) in [5.74, 6) is -0.862. The molecule has 0 saturated carbocycles. The van der Waals surface area contributed by atoms with Crippen LogP contribution < -0.4 is 20.7 Å². The second kappa shape index (κ2) is 16.6. The highest BCUT2D eigenvalue weighted by atomic mass is 28.4. The molecule has 0 spiro atoms. The van der Waals surface area contributed by atoms with Crippen LogP contribution in [0.25, 0.3) is 6.08 Å². The van der Waals surface area contributed by atoms with Crippen molar-refractivity contribution < 1.29 is 38.3 Å². The van der Waals surface area contributed by atoms with Crippen molar-refractivity contribution in [3.63, 3.8) is 0 Å². The first kappa shape index (κ1) is 39.9. The maximum absolute atomic E-state index is 14.4. The molecule has 11 heteroatoms. The van der Waals surface area contributed by atoms with Crippen molar-refractivity contribution in [2.24, 2.45) is 17.8 Å². The highest BCUT2D eigenvalue weighted by Gasteiger charge is 2.58. The Bertz CT molecular complexity index is 2050. The van der Waals surface area contributed by atoms with Crippen molar-refractivity contribution >= 4 is 54.8 Å². The van der Waals surface area contributed by atoms with Crippen LogP contribution in [0.15, 0.2) is 118 Å². The third kappa shape index (κ3) is 7.56. The van der Waals surface area contributed by atoms with Crippen LogP contribution in [0.4, 0.5) is 5.69 Å². The molecule has 3 N–H and O–H groups in total. The van der Waals surface area contributed by atoms with Crippen molar-refractivity contribution in [1.82, 2.24) is 0 Å². The van der Waals surface area contributed by atoms with Crippen LogP contribution in [0.1, 0.15) is 71.3 Å². The fourth-order valence-electron chi connectivity index (χ4n) is 9.31. The van der Waals surface area contributed by atoms with Gasteiger partial charge in [-0.25, -0.2) is 0 Å². The predicted octanol–water partition coefficient (Wildman–Crippen LogP) is 5.51. The van der Waals surface area contributed by atoms with Gasteiger partial charge in [0.1, 0.15) is 18.1 Å². The first-order valence-corrected chi connectivity index (χ1v) is 21.7. The van der Waals surface area contributed by atoms with Gasteiger partial charge in [-0.15, -0.1) is 0 Å². The van der Waals surface area contributed by atoms with Crippen LogP contribution in [-0.4, -0.2) is 61.7 Å². The number of amides is 2. The number of rotatable bonds is 14. The normalized spacial score (nSPS) is 21.5. The number of carbonyl (C=O) groups excluding carboxylic acids is 2. The maximum Gasteiger partial charge on any atom is 0.488 e. The molecule has 2 amide bonds. The van der Waals surface area contributed by atoms with E-state index in [1.807, 2.05) is 18.2 Å². The topological polar surface area (TPSA) is 130 Å². The molecule has 1 aromatic heterocycles. The second-order valence-corrected chi connectivity index (χ2v) is 20.6. The van der Waals surface area contributed by atoms with Crippen molar-refractivity contribution in [3.8, 4) is 0 Å². The summed E-state index contributed by atoms with van der Waals surface area (Å²) in [6.45, 7) is 9.34. The summed E-state index contributed by atoms with van der Waals surface area (Å²) < 4.78 is 19.9. The van der Waals surface area contributed by atoms with Gasteiger partial charge in [-0.2, -0.15) is 0 Å². The molecule has 292 valence electrons. The highest BCUT2D eigenvalue weighted by Crippen LogP contribution is 2.51. The second-order valence-electron chi connectivity index (χ2n) is 16.3. The molecule has 2 fully saturated rings. The number of aliphatic hydroxyl groups is 1. The third-order valence-corrected chi connectivity index (χ3v) is 16.8. The van der Waals surface area contributed by atoms with E-state index in [0.717, 1.165) is 40.8 Å². The number of carbonyl (C=O) groups is 2. The average Bonchev–Trinajstić information content (AvgIpc) is 3.90. The molecule has 2 saturated heterocycles. The molecule has 0 bridgehead atoms. The van der Waals surface area contributed by atoms with Crippen LogP contribution in [0.3, 0.4) is 0 Å². The Balaban J connectivity index is 1.27. The molecule has 4 atom stereocenters. The minimum Gasteiger partial charge on any atom is -0.459 e. The molecule has 0 unspecified atom stereocenters. The summed E-state index contributed by atoms with van der Waals surface area (Å²) >= 11 is 0. The largest absolute Gasteiger partial charge is 0.488 e. The van der Waals surface area contributed by atoms with E-state index < -0.39 is 27.3 Å². The van der Waals surface area contributed by atoms with E-state index in [9.17, 15) is 24.7 Å². The minimum atomic E-state index is -2.96. The van der Waals surface area contributed by atoms with E-state index in [1.165, 1.54) is 16.5 Å². The van der Waals surface area contributed by atoms with Gasteiger partial charge in [0.2, 0.25) is 11.8 Å². The Morgan fingerprint density at radius 1 is 0.911 bits per heavy atom. The Hall–Kier alpha value is -4.36. The van der Waals surface area contributed by atoms with E-state index in [4.69, 9.17) is 13.6 Å². The fourth-order valence-corrected chi connectivity index (χ4v) is 13.9. The maximum atomic E-state index is 14.4. The zero-order chi connectivity index (χ0) is 39.6. The van der Waals surface area contributed by atoms with Gasteiger partial charge in [0.25, 0.3) is 8.32 Å². The lowest BCUT2D eigenvalue weighted by atomic mass is 9.69. The molecular formula is C45H52BNO8Si. The summed E-state index contributed by atoms with van der Waals surface area (Å²) in [6.07, 6.45) is 5.42. The first-order valence-electron chi connectivity index (χ1n) is 19.8. The summed E-state index contributed by atoms with van der Waals surface area (Å²) in [7, 11) is -4.69. The van der Waals surface area contributed by atoms with E-state index in [2.05, 4.69) is 82.3 Å². The van der Waals surface area contributed by atoms with Gasteiger partial charge in [-0.05, 0) is 88.0 Å².